The maximum absolute atomic E-state index is 11.9. The minimum absolute atomic E-state index is 0.133. The second-order valence-electron chi connectivity index (χ2n) is 4.07. The van der Waals surface area contributed by atoms with Gasteiger partial charge in [-0.15, -0.1) is 0 Å². The predicted octanol–water partition coefficient (Wildman–Crippen LogP) is 2.29. The van der Waals surface area contributed by atoms with Crippen LogP contribution in [0.1, 0.15) is 27.7 Å². The first-order chi connectivity index (χ1) is 6.43. The van der Waals surface area contributed by atoms with Gasteiger partial charge in [-0.05, 0) is 5.92 Å². The molecule has 0 fully saturated rings. The number of halogens is 2. The van der Waals surface area contributed by atoms with Crippen molar-refractivity contribution in [2.75, 3.05) is 13.2 Å². The molecule has 1 N–H and O–H groups in total. The summed E-state index contributed by atoms with van der Waals surface area (Å²) in [6.07, 6.45) is -2.51. The summed E-state index contributed by atoms with van der Waals surface area (Å²) in [6.45, 7) is 8.13. The van der Waals surface area contributed by atoms with Gasteiger partial charge in [0.05, 0.1) is 6.10 Å². The quantitative estimate of drug-likeness (QED) is 0.694. The molecule has 0 radical (unpaired) electrons. The van der Waals surface area contributed by atoms with Gasteiger partial charge in [-0.2, -0.15) is 0 Å². The SMILES string of the molecule is CC(C)NCC(OCC(F)F)C(C)C. The van der Waals surface area contributed by atoms with Crippen molar-refractivity contribution in [1.29, 1.82) is 0 Å². The second kappa shape index (κ2) is 7.12. The Labute approximate surface area is 85.0 Å². The number of hydrogen-bond acceptors (Lipinski definition) is 2. The van der Waals surface area contributed by atoms with Gasteiger partial charge in [0, 0.05) is 12.6 Å². The molecule has 0 aliphatic heterocycles. The zero-order chi connectivity index (χ0) is 11.1. The zero-order valence-corrected chi connectivity index (χ0v) is 9.39. The highest BCUT2D eigenvalue weighted by molar-refractivity contribution is 4.67. The van der Waals surface area contributed by atoms with Gasteiger partial charge in [0.15, 0.2) is 0 Å². The maximum Gasteiger partial charge on any atom is 0.261 e. The Morgan fingerprint density at radius 1 is 1.14 bits per heavy atom. The minimum atomic E-state index is -2.38. The van der Waals surface area contributed by atoms with Crippen molar-refractivity contribution in [3.05, 3.63) is 0 Å². The van der Waals surface area contributed by atoms with Crippen LogP contribution in [0.2, 0.25) is 0 Å². The van der Waals surface area contributed by atoms with Crippen molar-refractivity contribution in [2.45, 2.75) is 46.3 Å². The molecular weight excluding hydrogens is 188 g/mol. The van der Waals surface area contributed by atoms with Crippen LogP contribution < -0.4 is 5.32 Å². The van der Waals surface area contributed by atoms with Crippen LogP contribution in [0.5, 0.6) is 0 Å². The number of hydrogen-bond donors (Lipinski definition) is 1. The van der Waals surface area contributed by atoms with Crippen LogP contribution in [0, 0.1) is 5.92 Å². The van der Waals surface area contributed by atoms with Crippen molar-refractivity contribution < 1.29 is 13.5 Å². The van der Waals surface area contributed by atoms with Crippen molar-refractivity contribution in [2.24, 2.45) is 5.92 Å². The van der Waals surface area contributed by atoms with E-state index in [2.05, 4.69) is 5.32 Å². The highest BCUT2D eigenvalue weighted by Crippen LogP contribution is 2.07. The Balaban J connectivity index is 3.78. The van der Waals surface area contributed by atoms with Gasteiger partial charge in [0.2, 0.25) is 0 Å². The van der Waals surface area contributed by atoms with Crippen LogP contribution in [0.25, 0.3) is 0 Å². The standard InChI is InChI=1S/C10H21F2NO/c1-7(2)9(5-13-8(3)4)14-6-10(11)12/h7-10,13H,5-6H2,1-4H3. The molecule has 0 aromatic rings. The van der Waals surface area contributed by atoms with E-state index in [-0.39, 0.29) is 12.0 Å². The van der Waals surface area contributed by atoms with Crippen LogP contribution in [-0.2, 0) is 4.74 Å². The average molecular weight is 209 g/mol. The molecule has 0 aromatic carbocycles. The molecule has 0 heterocycles. The largest absolute Gasteiger partial charge is 0.371 e. The molecule has 4 heteroatoms. The lowest BCUT2D eigenvalue weighted by Crippen LogP contribution is -2.37. The second-order valence-corrected chi connectivity index (χ2v) is 4.07. The molecule has 0 aromatic heterocycles. The lowest BCUT2D eigenvalue weighted by molar-refractivity contribution is -0.0406. The minimum Gasteiger partial charge on any atom is -0.371 e. The molecular formula is C10H21F2NO. The molecule has 86 valence electrons. The van der Waals surface area contributed by atoms with Crippen molar-refractivity contribution in [3.8, 4) is 0 Å². The van der Waals surface area contributed by atoms with E-state index in [4.69, 9.17) is 4.74 Å². The molecule has 14 heavy (non-hydrogen) atoms. The summed E-state index contributed by atoms with van der Waals surface area (Å²) >= 11 is 0. The Morgan fingerprint density at radius 2 is 1.71 bits per heavy atom. The van der Waals surface area contributed by atoms with Gasteiger partial charge in [-0.1, -0.05) is 27.7 Å². The monoisotopic (exact) mass is 209 g/mol. The normalized spacial score (nSPS) is 14.4. The highest BCUT2D eigenvalue weighted by atomic mass is 19.3. The molecule has 2 nitrogen and oxygen atoms in total. The van der Waals surface area contributed by atoms with E-state index in [1.807, 2.05) is 27.7 Å². The molecule has 1 unspecified atom stereocenters. The first kappa shape index (κ1) is 13.8. The summed E-state index contributed by atoms with van der Waals surface area (Å²) in [4.78, 5) is 0. The summed E-state index contributed by atoms with van der Waals surface area (Å²) in [7, 11) is 0. The van der Waals surface area contributed by atoms with E-state index < -0.39 is 13.0 Å². The van der Waals surface area contributed by atoms with E-state index in [9.17, 15) is 8.78 Å². The molecule has 0 spiro atoms. The van der Waals surface area contributed by atoms with Gasteiger partial charge >= 0.3 is 0 Å². The fourth-order valence-electron chi connectivity index (χ4n) is 1.04. The van der Waals surface area contributed by atoms with Gasteiger partial charge < -0.3 is 10.1 Å². The lowest BCUT2D eigenvalue weighted by Gasteiger charge is -2.23. The number of ether oxygens (including phenoxy) is 1. The lowest BCUT2D eigenvalue weighted by atomic mass is 10.1. The first-order valence-corrected chi connectivity index (χ1v) is 5.06. The molecule has 0 rings (SSSR count). The van der Waals surface area contributed by atoms with Gasteiger partial charge in [-0.25, -0.2) is 8.78 Å². The fraction of sp³-hybridized carbons (Fsp3) is 1.00. The summed E-state index contributed by atoms with van der Waals surface area (Å²) in [5, 5.41) is 3.18. The van der Waals surface area contributed by atoms with Gasteiger partial charge in [0.1, 0.15) is 6.61 Å². The fourth-order valence-corrected chi connectivity index (χ4v) is 1.04. The summed E-state index contributed by atoms with van der Waals surface area (Å²) in [5.74, 6) is 0.250. The van der Waals surface area contributed by atoms with E-state index in [0.717, 1.165) is 0 Å². The van der Waals surface area contributed by atoms with Gasteiger partial charge in [0.25, 0.3) is 6.43 Å². The van der Waals surface area contributed by atoms with Crippen LogP contribution in [-0.4, -0.2) is 31.7 Å². The third-order valence-electron chi connectivity index (χ3n) is 1.91. The summed E-state index contributed by atoms with van der Waals surface area (Å²) in [5.41, 5.74) is 0. The Kier molecular flexibility index (Phi) is 7.01. The van der Waals surface area contributed by atoms with Crippen LogP contribution in [0.4, 0.5) is 8.78 Å². The van der Waals surface area contributed by atoms with Crippen LogP contribution >= 0.6 is 0 Å². The average Bonchev–Trinajstić information content (AvgIpc) is 2.02. The molecule has 0 aliphatic carbocycles. The van der Waals surface area contributed by atoms with E-state index in [0.29, 0.717) is 12.6 Å². The molecule has 0 amide bonds. The van der Waals surface area contributed by atoms with E-state index >= 15 is 0 Å². The predicted molar refractivity (Wildman–Crippen MR) is 53.7 cm³/mol. The molecule has 0 saturated carbocycles. The van der Waals surface area contributed by atoms with Crippen LogP contribution in [0.15, 0.2) is 0 Å². The van der Waals surface area contributed by atoms with Crippen molar-refractivity contribution in [3.63, 3.8) is 0 Å². The molecule has 0 bridgehead atoms. The molecule has 1 atom stereocenters. The Hall–Kier alpha value is -0.220. The highest BCUT2D eigenvalue weighted by Gasteiger charge is 2.16. The van der Waals surface area contributed by atoms with E-state index in [1.54, 1.807) is 0 Å². The third-order valence-corrected chi connectivity index (χ3v) is 1.91. The van der Waals surface area contributed by atoms with Crippen LogP contribution in [0.3, 0.4) is 0 Å². The Morgan fingerprint density at radius 3 is 2.07 bits per heavy atom. The number of alkyl halides is 2. The number of rotatable bonds is 7. The van der Waals surface area contributed by atoms with Crippen molar-refractivity contribution >= 4 is 0 Å². The van der Waals surface area contributed by atoms with E-state index in [1.165, 1.54) is 0 Å². The molecule has 0 saturated heterocycles. The van der Waals surface area contributed by atoms with Gasteiger partial charge in [-0.3, -0.25) is 0 Å². The first-order valence-electron chi connectivity index (χ1n) is 5.06. The summed E-state index contributed by atoms with van der Waals surface area (Å²) < 4.78 is 28.9. The zero-order valence-electron chi connectivity index (χ0n) is 9.39. The molecule has 0 aliphatic rings. The third kappa shape index (κ3) is 7.21. The smallest absolute Gasteiger partial charge is 0.261 e. The van der Waals surface area contributed by atoms with Crippen molar-refractivity contribution in [1.82, 2.24) is 5.32 Å². The number of nitrogens with one attached hydrogen (secondary N) is 1. The topological polar surface area (TPSA) is 21.3 Å². The summed E-state index contributed by atoms with van der Waals surface area (Å²) in [6, 6.07) is 0.353. The maximum atomic E-state index is 11.9. The Bertz CT molecular complexity index is 128.